The first-order chi connectivity index (χ1) is 12.5. The molecule has 5 aliphatic rings. The SMILES string of the molecule is COC1C=CC(C)=C([C@@]23CC(=O)CC[C@@]2(O)[C@H]2C(CN2CC2CC2)C3)C1. The van der Waals surface area contributed by atoms with Crippen molar-refractivity contribution in [3.8, 4) is 0 Å². The predicted octanol–water partition coefficient (Wildman–Crippen LogP) is 2.86. The second-order valence-corrected chi connectivity index (χ2v) is 9.53. The summed E-state index contributed by atoms with van der Waals surface area (Å²) in [4.78, 5) is 15.1. The molecule has 5 atom stereocenters. The van der Waals surface area contributed by atoms with Gasteiger partial charge in [0.2, 0.25) is 0 Å². The molecule has 4 aliphatic carbocycles. The zero-order valence-corrected chi connectivity index (χ0v) is 16.0. The molecule has 0 amide bonds. The number of Topliss-reactive ketones (excluding diaryl/α,β-unsaturated/α-hetero) is 1. The Morgan fingerprint density at radius 1 is 1.38 bits per heavy atom. The van der Waals surface area contributed by atoms with Crippen LogP contribution in [0.1, 0.15) is 51.9 Å². The fourth-order valence-electron chi connectivity index (χ4n) is 6.65. The summed E-state index contributed by atoms with van der Waals surface area (Å²) in [5, 5.41) is 12.1. The molecule has 1 N–H and O–H groups in total. The fraction of sp³-hybridized carbons (Fsp3) is 0.773. The van der Waals surface area contributed by atoms with Crippen LogP contribution < -0.4 is 0 Å². The molecule has 142 valence electrons. The largest absolute Gasteiger partial charge is 0.387 e. The van der Waals surface area contributed by atoms with E-state index in [1.165, 1.54) is 24.0 Å². The van der Waals surface area contributed by atoms with Crippen molar-refractivity contribution in [2.45, 2.75) is 69.6 Å². The highest BCUT2D eigenvalue weighted by Gasteiger charge is 2.71. The van der Waals surface area contributed by atoms with Gasteiger partial charge in [-0.3, -0.25) is 9.69 Å². The molecule has 0 aromatic rings. The molecule has 1 saturated heterocycles. The molecule has 0 aromatic carbocycles. The Bertz CT molecular complexity index is 694. The van der Waals surface area contributed by atoms with E-state index in [0.29, 0.717) is 31.0 Å². The molecule has 3 saturated carbocycles. The Morgan fingerprint density at radius 3 is 2.92 bits per heavy atom. The topological polar surface area (TPSA) is 49.8 Å². The van der Waals surface area contributed by atoms with Gasteiger partial charge in [-0.15, -0.1) is 0 Å². The van der Waals surface area contributed by atoms with Gasteiger partial charge in [0, 0.05) is 44.5 Å². The van der Waals surface area contributed by atoms with Gasteiger partial charge in [-0.25, -0.2) is 0 Å². The van der Waals surface area contributed by atoms with E-state index in [2.05, 4.69) is 24.0 Å². The molecule has 0 aromatic heterocycles. The lowest BCUT2D eigenvalue weighted by atomic mass is 9.57. The highest BCUT2D eigenvalue weighted by Crippen LogP contribution is 2.66. The summed E-state index contributed by atoms with van der Waals surface area (Å²) in [6.07, 6.45) is 10.5. The number of carbonyl (C=O) groups excluding carboxylic acids is 1. The fourth-order valence-corrected chi connectivity index (χ4v) is 6.65. The van der Waals surface area contributed by atoms with Crippen molar-refractivity contribution >= 4 is 5.78 Å². The molecule has 1 heterocycles. The highest BCUT2D eigenvalue weighted by molar-refractivity contribution is 5.82. The van der Waals surface area contributed by atoms with E-state index in [1.54, 1.807) is 7.11 Å². The first kappa shape index (κ1) is 17.2. The van der Waals surface area contributed by atoms with Crippen molar-refractivity contribution < 1.29 is 14.6 Å². The maximum absolute atomic E-state index is 12.6. The van der Waals surface area contributed by atoms with Gasteiger partial charge in [-0.1, -0.05) is 23.3 Å². The quantitative estimate of drug-likeness (QED) is 0.841. The predicted molar refractivity (Wildman–Crippen MR) is 99.7 cm³/mol. The molecule has 26 heavy (non-hydrogen) atoms. The minimum atomic E-state index is -0.751. The van der Waals surface area contributed by atoms with Crippen LogP contribution in [0.2, 0.25) is 0 Å². The van der Waals surface area contributed by atoms with E-state index in [0.717, 1.165) is 31.8 Å². The van der Waals surface area contributed by atoms with Crippen molar-refractivity contribution in [3.63, 3.8) is 0 Å². The van der Waals surface area contributed by atoms with Crippen molar-refractivity contribution in [1.29, 1.82) is 0 Å². The Labute approximate surface area is 156 Å². The van der Waals surface area contributed by atoms with Crippen LogP contribution >= 0.6 is 0 Å². The number of likely N-dealkylation sites (tertiary alicyclic amines) is 1. The third-order valence-corrected chi connectivity index (χ3v) is 8.03. The van der Waals surface area contributed by atoms with Gasteiger partial charge in [-0.05, 0) is 50.9 Å². The van der Waals surface area contributed by atoms with Gasteiger partial charge in [-0.2, -0.15) is 0 Å². The maximum atomic E-state index is 12.6. The summed E-state index contributed by atoms with van der Waals surface area (Å²) in [6, 6.07) is 0.253. The average Bonchev–Trinajstić information content (AvgIpc) is 3.38. The maximum Gasteiger partial charge on any atom is 0.134 e. The Balaban J connectivity index is 1.54. The summed E-state index contributed by atoms with van der Waals surface area (Å²) in [7, 11) is 1.75. The van der Waals surface area contributed by atoms with Crippen LogP contribution in [0.25, 0.3) is 0 Å². The van der Waals surface area contributed by atoms with Gasteiger partial charge in [0.25, 0.3) is 0 Å². The number of aliphatic hydroxyl groups is 1. The van der Waals surface area contributed by atoms with Crippen LogP contribution in [-0.2, 0) is 9.53 Å². The van der Waals surface area contributed by atoms with Gasteiger partial charge >= 0.3 is 0 Å². The number of hydrogen-bond donors (Lipinski definition) is 1. The minimum Gasteiger partial charge on any atom is -0.387 e. The number of fused-ring (bicyclic) bond motifs is 3. The standard InChI is InChI=1S/C22H31NO3/c1-14-3-6-18(26-2)9-19(14)21-10-16-13-23(12-15-4-5-15)20(16)22(21,25)8-7-17(24)11-21/h3,6,15-16,18,20,25H,4-5,7-13H2,1-2H3/t16?,18?,20-,21-,22-/m1/s1. The number of nitrogens with zero attached hydrogens (tertiary/aromatic N) is 1. The molecule has 4 fully saturated rings. The lowest BCUT2D eigenvalue weighted by Crippen LogP contribution is -2.66. The van der Waals surface area contributed by atoms with Gasteiger partial charge in [0.1, 0.15) is 5.78 Å². The van der Waals surface area contributed by atoms with Crippen LogP contribution in [0.3, 0.4) is 0 Å². The van der Waals surface area contributed by atoms with Crippen LogP contribution in [0, 0.1) is 17.3 Å². The van der Waals surface area contributed by atoms with E-state index < -0.39 is 5.60 Å². The van der Waals surface area contributed by atoms with E-state index in [1.807, 2.05) is 0 Å². The normalized spacial score (nSPS) is 45.5. The summed E-state index contributed by atoms with van der Waals surface area (Å²) >= 11 is 0. The molecule has 4 heteroatoms. The van der Waals surface area contributed by atoms with E-state index >= 15 is 0 Å². The summed E-state index contributed by atoms with van der Waals surface area (Å²) in [5.74, 6) is 1.71. The Kier molecular flexibility index (Phi) is 3.80. The number of ether oxygens (including phenoxy) is 1. The third kappa shape index (κ3) is 2.28. The molecule has 0 spiro atoms. The first-order valence-electron chi connectivity index (χ1n) is 10.4. The van der Waals surface area contributed by atoms with E-state index in [4.69, 9.17) is 4.74 Å². The number of methoxy groups -OCH3 is 1. The number of ketones is 1. The summed E-state index contributed by atoms with van der Waals surface area (Å²) in [5.41, 5.74) is 1.41. The van der Waals surface area contributed by atoms with Crippen LogP contribution in [0.5, 0.6) is 0 Å². The average molecular weight is 357 g/mol. The molecule has 0 radical (unpaired) electrons. The Hall–Kier alpha value is -0.970. The Morgan fingerprint density at radius 2 is 2.19 bits per heavy atom. The van der Waals surface area contributed by atoms with Gasteiger partial charge in [0.05, 0.1) is 11.7 Å². The van der Waals surface area contributed by atoms with Crippen molar-refractivity contribution in [2.75, 3.05) is 20.2 Å². The molecule has 0 bridgehead atoms. The monoisotopic (exact) mass is 357 g/mol. The molecule has 1 aliphatic heterocycles. The molecule has 5 rings (SSSR count). The smallest absolute Gasteiger partial charge is 0.134 e. The van der Waals surface area contributed by atoms with E-state index in [9.17, 15) is 9.90 Å². The van der Waals surface area contributed by atoms with E-state index in [-0.39, 0.29) is 17.6 Å². The highest BCUT2D eigenvalue weighted by atomic mass is 16.5. The van der Waals surface area contributed by atoms with Crippen LogP contribution in [0.4, 0.5) is 0 Å². The lowest BCUT2D eigenvalue weighted by molar-refractivity contribution is -0.156. The molecule has 2 unspecified atom stereocenters. The zero-order valence-electron chi connectivity index (χ0n) is 16.0. The molecular formula is C22H31NO3. The number of carbonyl (C=O) groups is 1. The lowest BCUT2D eigenvalue weighted by Gasteiger charge is -2.55. The third-order valence-electron chi connectivity index (χ3n) is 8.03. The second kappa shape index (κ2) is 5.76. The first-order valence-corrected chi connectivity index (χ1v) is 10.4. The summed E-state index contributed by atoms with van der Waals surface area (Å²) < 4.78 is 5.62. The van der Waals surface area contributed by atoms with Gasteiger partial charge < -0.3 is 9.84 Å². The van der Waals surface area contributed by atoms with Crippen molar-refractivity contribution in [1.82, 2.24) is 4.90 Å². The summed E-state index contributed by atoms with van der Waals surface area (Å²) in [6.45, 7) is 4.40. The second-order valence-electron chi connectivity index (χ2n) is 9.53. The number of rotatable bonds is 4. The van der Waals surface area contributed by atoms with Crippen LogP contribution in [0.15, 0.2) is 23.3 Å². The number of allylic oxidation sites excluding steroid dienone is 2. The zero-order chi connectivity index (χ0) is 18.1. The van der Waals surface area contributed by atoms with Crippen molar-refractivity contribution in [2.24, 2.45) is 17.3 Å². The molecule has 4 nitrogen and oxygen atoms in total. The minimum absolute atomic E-state index is 0.0603. The van der Waals surface area contributed by atoms with Gasteiger partial charge in [0.15, 0.2) is 0 Å². The van der Waals surface area contributed by atoms with Crippen LogP contribution in [-0.4, -0.2) is 53.7 Å². The molecular weight excluding hydrogens is 326 g/mol. The van der Waals surface area contributed by atoms with Crippen molar-refractivity contribution in [3.05, 3.63) is 23.3 Å². The number of hydrogen-bond acceptors (Lipinski definition) is 4.